The van der Waals surface area contributed by atoms with Crippen LogP contribution >= 0.6 is 0 Å². The minimum absolute atomic E-state index is 0.165. The van der Waals surface area contributed by atoms with E-state index in [1.54, 1.807) is 0 Å². The van der Waals surface area contributed by atoms with Gasteiger partial charge in [-0.05, 0) is 48.4 Å². The summed E-state index contributed by atoms with van der Waals surface area (Å²) in [5.41, 5.74) is 1.81. The fourth-order valence-electron chi connectivity index (χ4n) is 2.86. The van der Waals surface area contributed by atoms with Crippen molar-refractivity contribution in [1.82, 2.24) is 0 Å². The summed E-state index contributed by atoms with van der Waals surface area (Å²) in [6.07, 6.45) is 1.03. The van der Waals surface area contributed by atoms with Gasteiger partial charge in [0.25, 0.3) is 5.91 Å². The van der Waals surface area contributed by atoms with Gasteiger partial charge in [0.15, 0.2) is 6.10 Å². The molecule has 0 heterocycles. The zero-order chi connectivity index (χ0) is 20.5. The second-order valence-corrected chi connectivity index (χ2v) is 7.55. The predicted molar refractivity (Wildman–Crippen MR) is 115 cm³/mol. The third-order valence-corrected chi connectivity index (χ3v) is 4.71. The van der Waals surface area contributed by atoms with Gasteiger partial charge in [0, 0.05) is 0 Å². The van der Waals surface area contributed by atoms with E-state index in [1.165, 1.54) is 0 Å². The Bertz CT molecular complexity index is 757. The largest absolute Gasteiger partial charge is 0.491 e. The second-order valence-electron chi connectivity index (χ2n) is 7.55. The van der Waals surface area contributed by atoms with Crippen molar-refractivity contribution < 1.29 is 14.3 Å². The summed E-state index contributed by atoms with van der Waals surface area (Å²) in [5.74, 6) is 2.08. The van der Waals surface area contributed by atoms with Crippen molar-refractivity contribution in [3.05, 3.63) is 54.1 Å². The zero-order valence-electron chi connectivity index (χ0n) is 17.7. The molecule has 0 spiro atoms. The van der Waals surface area contributed by atoms with E-state index in [1.807, 2.05) is 49.4 Å². The van der Waals surface area contributed by atoms with Crippen molar-refractivity contribution in [2.24, 2.45) is 5.92 Å². The average molecular weight is 384 g/mol. The van der Waals surface area contributed by atoms with Gasteiger partial charge in [0.1, 0.15) is 11.5 Å². The highest BCUT2D eigenvalue weighted by atomic mass is 16.5. The number of rotatable bonds is 10. The molecule has 2 rings (SSSR count). The topological polar surface area (TPSA) is 47.6 Å². The van der Waals surface area contributed by atoms with Crippen molar-refractivity contribution in [2.75, 3.05) is 11.9 Å². The maximum atomic E-state index is 12.9. The van der Waals surface area contributed by atoms with Crippen LogP contribution in [-0.4, -0.2) is 18.6 Å². The van der Waals surface area contributed by atoms with E-state index in [9.17, 15) is 4.79 Å². The van der Waals surface area contributed by atoms with E-state index in [0.29, 0.717) is 36.3 Å². The molecule has 0 aromatic heterocycles. The first-order chi connectivity index (χ1) is 13.5. The van der Waals surface area contributed by atoms with Crippen LogP contribution < -0.4 is 14.8 Å². The predicted octanol–water partition coefficient (Wildman–Crippen LogP) is 6.03. The number of carbonyl (C=O) groups excluding carboxylic acids is 1. The molecule has 0 fully saturated rings. The summed E-state index contributed by atoms with van der Waals surface area (Å²) < 4.78 is 12.0. The molecule has 0 radical (unpaired) electrons. The van der Waals surface area contributed by atoms with Gasteiger partial charge in [-0.15, -0.1) is 0 Å². The van der Waals surface area contributed by atoms with Gasteiger partial charge in [0.05, 0.1) is 12.3 Å². The van der Waals surface area contributed by atoms with Crippen LogP contribution in [0.1, 0.15) is 58.9 Å². The first-order valence-corrected chi connectivity index (χ1v) is 10.2. The summed E-state index contributed by atoms with van der Waals surface area (Å²) in [6.45, 7) is 11.1. The maximum absolute atomic E-state index is 12.9. The van der Waals surface area contributed by atoms with E-state index in [-0.39, 0.29) is 5.91 Å². The molecule has 4 heteroatoms. The highest BCUT2D eigenvalue weighted by Crippen LogP contribution is 2.30. The second kappa shape index (κ2) is 10.7. The Kier molecular flexibility index (Phi) is 8.37. The lowest BCUT2D eigenvalue weighted by Crippen LogP contribution is -2.33. The summed E-state index contributed by atoms with van der Waals surface area (Å²) in [6, 6.07) is 15.5. The van der Waals surface area contributed by atoms with Crippen molar-refractivity contribution >= 4 is 11.6 Å². The van der Waals surface area contributed by atoms with Crippen LogP contribution in [0.5, 0.6) is 11.5 Å². The summed E-state index contributed by atoms with van der Waals surface area (Å²) in [5, 5.41) is 2.98. The minimum Gasteiger partial charge on any atom is -0.491 e. The van der Waals surface area contributed by atoms with Crippen molar-refractivity contribution in [3.8, 4) is 11.5 Å². The highest BCUT2D eigenvalue weighted by Gasteiger charge is 2.22. The molecule has 0 aliphatic heterocycles. The molecule has 0 saturated heterocycles. The average Bonchev–Trinajstić information content (AvgIpc) is 2.70. The molecule has 2 aromatic rings. The van der Waals surface area contributed by atoms with Crippen LogP contribution in [0.2, 0.25) is 0 Å². The molecule has 152 valence electrons. The Morgan fingerprint density at radius 2 is 1.57 bits per heavy atom. The minimum atomic E-state index is -0.566. The number of anilines is 1. The Labute approximate surface area is 169 Å². The van der Waals surface area contributed by atoms with Gasteiger partial charge in [-0.1, -0.05) is 65.0 Å². The van der Waals surface area contributed by atoms with Gasteiger partial charge in [-0.25, -0.2) is 0 Å². The fraction of sp³-hybridized carbons (Fsp3) is 0.458. The third-order valence-electron chi connectivity index (χ3n) is 4.71. The normalized spacial score (nSPS) is 13.1. The van der Waals surface area contributed by atoms with E-state index in [4.69, 9.17) is 9.47 Å². The van der Waals surface area contributed by atoms with E-state index < -0.39 is 6.10 Å². The number of hydrogen-bond donors (Lipinski definition) is 1. The van der Waals surface area contributed by atoms with Crippen molar-refractivity contribution in [1.29, 1.82) is 0 Å². The van der Waals surface area contributed by atoms with E-state index in [0.717, 1.165) is 17.7 Å². The molecule has 2 atom stereocenters. The van der Waals surface area contributed by atoms with Crippen LogP contribution in [0.3, 0.4) is 0 Å². The molecular weight excluding hydrogens is 350 g/mol. The van der Waals surface area contributed by atoms with Gasteiger partial charge in [0.2, 0.25) is 0 Å². The standard InChI is InChI=1S/C24H33NO3/c1-6-18(5)19-12-8-10-14-22(19)28-21(7-2)24(26)25-20-13-9-11-15-23(20)27-16-17(3)4/h8-15,17-18,21H,6-7,16H2,1-5H3,(H,25,26). The first-order valence-electron chi connectivity index (χ1n) is 10.2. The summed E-state index contributed by atoms with van der Waals surface area (Å²) >= 11 is 0. The van der Waals surface area contributed by atoms with Crippen LogP contribution in [0.15, 0.2) is 48.5 Å². The molecule has 4 nitrogen and oxygen atoms in total. The number of benzene rings is 2. The number of hydrogen-bond acceptors (Lipinski definition) is 3. The van der Waals surface area contributed by atoms with Crippen molar-refractivity contribution in [2.45, 2.75) is 59.5 Å². The van der Waals surface area contributed by atoms with Crippen LogP contribution in [0.4, 0.5) is 5.69 Å². The Hall–Kier alpha value is -2.49. The quantitative estimate of drug-likeness (QED) is 0.545. The van der Waals surface area contributed by atoms with Crippen LogP contribution in [0.25, 0.3) is 0 Å². The van der Waals surface area contributed by atoms with Crippen LogP contribution in [-0.2, 0) is 4.79 Å². The van der Waals surface area contributed by atoms with Crippen molar-refractivity contribution in [3.63, 3.8) is 0 Å². The lowest BCUT2D eigenvalue weighted by Gasteiger charge is -2.22. The molecule has 0 aliphatic carbocycles. The summed E-state index contributed by atoms with van der Waals surface area (Å²) in [7, 11) is 0. The molecule has 0 bridgehead atoms. The van der Waals surface area contributed by atoms with Crippen LogP contribution in [0, 0.1) is 5.92 Å². The number of nitrogens with one attached hydrogen (secondary N) is 1. The van der Waals surface area contributed by atoms with E-state index >= 15 is 0 Å². The Balaban J connectivity index is 2.13. The molecule has 1 amide bonds. The lowest BCUT2D eigenvalue weighted by atomic mass is 9.98. The maximum Gasteiger partial charge on any atom is 0.265 e. The monoisotopic (exact) mass is 383 g/mol. The van der Waals surface area contributed by atoms with Gasteiger partial charge < -0.3 is 14.8 Å². The van der Waals surface area contributed by atoms with Gasteiger partial charge in [-0.3, -0.25) is 4.79 Å². The van der Waals surface area contributed by atoms with Gasteiger partial charge in [-0.2, -0.15) is 0 Å². The number of carbonyl (C=O) groups is 1. The first kappa shape index (κ1) is 21.8. The Morgan fingerprint density at radius 3 is 2.21 bits per heavy atom. The third kappa shape index (κ3) is 6.01. The summed E-state index contributed by atoms with van der Waals surface area (Å²) in [4.78, 5) is 12.9. The Morgan fingerprint density at radius 1 is 0.929 bits per heavy atom. The zero-order valence-corrected chi connectivity index (χ0v) is 17.7. The molecule has 0 aliphatic rings. The molecule has 28 heavy (non-hydrogen) atoms. The van der Waals surface area contributed by atoms with Gasteiger partial charge >= 0.3 is 0 Å². The highest BCUT2D eigenvalue weighted by molar-refractivity contribution is 5.95. The number of ether oxygens (including phenoxy) is 2. The molecule has 2 unspecified atom stereocenters. The number of para-hydroxylation sites is 3. The SMILES string of the molecule is CCC(Oc1ccccc1C(C)CC)C(=O)Nc1ccccc1OCC(C)C. The molecule has 0 saturated carbocycles. The molecular formula is C24H33NO3. The number of amides is 1. The molecule has 1 N–H and O–H groups in total. The lowest BCUT2D eigenvalue weighted by molar-refractivity contribution is -0.122. The molecule has 2 aromatic carbocycles. The smallest absolute Gasteiger partial charge is 0.265 e. The van der Waals surface area contributed by atoms with E-state index in [2.05, 4.69) is 39.1 Å². The fourth-order valence-corrected chi connectivity index (χ4v) is 2.86.